The van der Waals surface area contributed by atoms with Gasteiger partial charge in [-0.15, -0.1) is 11.6 Å². The number of nitrogens with zero attached hydrogens (tertiary/aromatic N) is 1. The first-order valence-corrected chi connectivity index (χ1v) is 13.7. The maximum atomic E-state index is 6.31. The van der Waals surface area contributed by atoms with Crippen molar-refractivity contribution in [3.63, 3.8) is 0 Å². The molecule has 0 bridgehead atoms. The molecule has 0 aliphatic carbocycles. The Kier molecular flexibility index (Phi) is 22.1. The molecule has 0 aromatic heterocycles. The minimum absolute atomic E-state index is 0.835. The van der Waals surface area contributed by atoms with Crippen LogP contribution in [0.5, 0.6) is 0 Å². The van der Waals surface area contributed by atoms with Crippen molar-refractivity contribution in [1.82, 2.24) is 0 Å². The van der Waals surface area contributed by atoms with Crippen LogP contribution in [0.25, 0.3) is 0 Å². The van der Waals surface area contributed by atoms with Gasteiger partial charge in [-0.05, 0) is 38.5 Å². The van der Waals surface area contributed by atoms with Gasteiger partial charge in [0.15, 0.2) is 0 Å². The molecule has 0 saturated heterocycles. The lowest BCUT2D eigenvalue weighted by molar-refractivity contribution is -0.926. The minimum Gasteiger partial charge on any atom is -0.323 e. The number of hydrogen-bond acceptors (Lipinski definition) is 0. The van der Waals surface area contributed by atoms with Crippen molar-refractivity contribution < 1.29 is 4.48 Å². The zero-order valence-electron chi connectivity index (χ0n) is 20.1. The van der Waals surface area contributed by atoms with Crippen LogP contribution in [-0.2, 0) is 0 Å². The van der Waals surface area contributed by atoms with Crippen LogP contribution < -0.4 is 0 Å². The van der Waals surface area contributed by atoms with Crippen LogP contribution in [0.1, 0.15) is 136 Å². The normalized spacial score (nSPS) is 12.0. The van der Waals surface area contributed by atoms with Gasteiger partial charge in [0.25, 0.3) is 0 Å². The second-order valence-electron chi connectivity index (χ2n) is 9.23. The first-order chi connectivity index (χ1) is 13.7. The molecule has 0 rings (SSSR count). The third kappa shape index (κ3) is 17.1. The van der Waals surface area contributed by atoms with Crippen LogP contribution in [0.2, 0.25) is 0 Å². The molecule has 0 fully saturated rings. The van der Waals surface area contributed by atoms with E-state index in [0.717, 1.165) is 5.88 Å². The molecule has 0 unspecified atom stereocenters. The van der Waals surface area contributed by atoms with E-state index in [9.17, 15) is 0 Å². The van der Waals surface area contributed by atoms with Crippen LogP contribution in [0.4, 0.5) is 0 Å². The highest BCUT2D eigenvalue weighted by Gasteiger charge is 2.25. The van der Waals surface area contributed by atoms with Gasteiger partial charge in [-0.25, -0.2) is 0 Å². The van der Waals surface area contributed by atoms with E-state index in [-0.39, 0.29) is 0 Å². The monoisotopic (exact) mass is 416 g/mol. The second-order valence-corrected chi connectivity index (χ2v) is 9.61. The second kappa shape index (κ2) is 21.9. The number of halogens is 1. The van der Waals surface area contributed by atoms with E-state index in [2.05, 4.69) is 20.8 Å². The molecule has 0 amide bonds. The maximum Gasteiger partial charge on any atom is 0.0924 e. The molecule has 28 heavy (non-hydrogen) atoms. The number of unbranched alkanes of at least 4 members (excludes halogenated alkanes) is 15. The molecule has 0 heterocycles. The Morgan fingerprint density at radius 3 is 0.964 bits per heavy atom. The number of rotatable bonds is 23. The van der Waals surface area contributed by atoms with E-state index in [1.54, 1.807) is 0 Å². The molecule has 0 spiro atoms. The first kappa shape index (κ1) is 28.2. The minimum atomic E-state index is 0.835. The van der Waals surface area contributed by atoms with Crippen molar-refractivity contribution in [2.75, 3.05) is 32.1 Å². The zero-order valence-corrected chi connectivity index (χ0v) is 20.8. The average Bonchev–Trinajstić information content (AvgIpc) is 2.70. The van der Waals surface area contributed by atoms with Gasteiger partial charge < -0.3 is 4.48 Å². The summed E-state index contributed by atoms with van der Waals surface area (Å²) in [5, 5.41) is 0. The van der Waals surface area contributed by atoms with Crippen LogP contribution in [0, 0.1) is 0 Å². The summed E-state index contributed by atoms with van der Waals surface area (Å²) in [6, 6.07) is 0. The molecular formula is C26H55ClN+. The highest BCUT2D eigenvalue weighted by Crippen LogP contribution is 2.19. The summed E-state index contributed by atoms with van der Waals surface area (Å²) >= 11 is 6.31. The fourth-order valence-electron chi connectivity index (χ4n) is 4.53. The molecule has 0 aromatic carbocycles. The third-order valence-electron chi connectivity index (χ3n) is 6.52. The standard InChI is InChI=1S/C26H55ClN/c1-4-7-10-13-16-19-23-28(26-22-27,24-20-17-14-11-8-5-2)25-21-18-15-12-9-6-3/h4-26H2,1-3H3/q+1. The topological polar surface area (TPSA) is 0 Å². The summed E-state index contributed by atoms with van der Waals surface area (Å²) in [4.78, 5) is 0. The van der Waals surface area contributed by atoms with Crippen LogP contribution in [0.3, 0.4) is 0 Å². The summed E-state index contributed by atoms with van der Waals surface area (Å²) in [5.41, 5.74) is 0. The summed E-state index contributed by atoms with van der Waals surface area (Å²) in [7, 11) is 0. The summed E-state index contributed by atoms with van der Waals surface area (Å²) in [6.07, 6.45) is 25.4. The van der Waals surface area contributed by atoms with Crippen molar-refractivity contribution in [2.45, 2.75) is 136 Å². The van der Waals surface area contributed by atoms with E-state index < -0.39 is 0 Å². The Labute approximate surface area is 184 Å². The predicted molar refractivity (Wildman–Crippen MR) is 131 cm³/mol. The van der Waals surface area contributed by atoms with Crippen LogP contribution in [-0.4, -0.2) is 36.5 Å². The predicted octanol–water partition coefficient (Wildman–Crippen LogP) is 9.12. The summed E-state index contributed by atoms with van der Waals surface area (Å²) in [6.45, 7) is 12.3. The van der Waals surface area contributed by atoms with Crippen molar-refractivity contribution in [3.8, 4) is 0 Å². The van der Waals surface area contributed by atoms with Gasteiger partial charge in [-0.1, -0.05) is 97.8 Å². The van der Waals surface area contributed by atoms with Crippen LogP contribution in [0.15, 0.2) is 0 Å². The zero-order chi connectivity index (χ0) is 20.8. The van der Waals surface area contributed by atoms with Gasteiger partial charge in [0.1, 0.15) is 0 Å². The van der Waals surface area contributed by atoms with Gasteiger partial charge in [-0.2, -0.15) is 0 Å². The van der Waals surface area contributed by atoms with Gasteiger partial charge >= 0.3 is 0 Å². The molecule has 0 N–H and O–H groups in total. The Bertz CT molecular complexity index is 251. The maximum absolute atomic E-state index is 6.31. The van der Waals surface area contributed by atoms with E-state index >= 15 is 0 Å². The molecule has 0 saturated carbocycles. The molecule has 2 heteroatoms. The fraction of sp³-hybridized carbons (Fsp3) is 1.00. The SMILES string of the molecule is CCCCCCCC[N+](CCCl)(CCCCCCCC)CCCCCCCC. The molecule has 170 valence electrons. The van der Waals surface area contributed by atoms with Crippen molar-refractivity contribution >= 4 is 11.6 Å². The lowest BCUT2D eigenvalue weighted by Crippen LogP contribution is -2.51. The Balaban J connectivity index is 4.39. The largest absolute Gasteiger partial charge is 0.323 e. The molecule has 0 radical (unpaired) electrons. The molecular weight excluding hydrogens is 362 g/mol. The van der Waals surface area contributed by atoms with E-state index in [0.29, 0.717) is 0 Å². The number of alkyl halides is 1. The van der Waals surface area contributed by atoms with Gasteiger partial charge in [0.05, 0.1) is 32.1 Å². The van der Waals surface area contributed by atoms with Gasteiger partial charge in [0, 0.05) is 0 Å². The lowest BCUT2D eigenvalue weighted by atomic mass is 10.1. The third-order valence-corrected chi connectivity index (χ3v) is 6.69. The van der Waals surface area contributed by atoms with E-state index in [4.69, 9.17) is 11.6 Å². The Morgan fingerprint density at radius 2 is 0.679 bits per heavy atom. The molecule has 0 aliphatic heterocycles. The first-order valence-electron chi connectivity index (χ1n) is 13.2. The average molecular weight is 417 g/mol. The van der Waals surface area contributed by atoms with Crippen molar-refractivity contribution in [3.05, 3.63) is 0 Å². The van der Waals surface area contributed by atoms with Gasteiger partial charge in [-0.3, -0.25) is 0 Å². The summed E-state index contributed by atoms with van der Waals surface area (Å²) < 4.78 is 1.32. The molecule has 1 nitrogen and oxygen atoms in total. The molecule has 0 aromatic rings. The highest BCUT2D eigenvalue weighted by molar-refractivity contribution is 6.17. The van der Waals surface area contributed by atoms with Crippen molar-refractivity contribution in [2.24, 2.45) is 0 Å². The lowest BCUT2D eigenvalue weighted by Gasteiger charge is -2.39. The van der Waals surface area contributed by atoms with Gasteiger partial charge in [0.2, 0.25) is 0 Å². The number of hydrogen-bond donors (Lipinski definition) is 0. The Hall–Kier alpha value is 0.250. The van der Waals surface area contributed by atoms with Crippen LogP contribution >= 0.6 is 11.6 Å². The fourth-order valence-corrected chi connectivity index (χ4v) is 4.89. The smallest absolute Gasteiger partial charge is 0.0924 e. The Morgan fingerprint density at radius 1 is 0.393 bits per heavy atom. The van der Waals surface area contributed by atoms with Crippen molar-refractivity contribution in [1.29, 1.82) is 0 Å². The number of quaternary nitrogens is 1. The molecule has 0 aliphatic rings. The quantitative estimate of drug-likeness (QED) is 0.0884. The van der Waals surface area contributed by atoms with E-state index in [1.165, 1.54) is 146 Å². The highest BCUT2D eigenvalue weighted by atomic mass is 35.5. The molecule has 0 atom stereocenters. The van der Waals surface area contributed by atoms with E-state index in [1.807, 2.05) is 0 Å². The summed E-state index contributed by atoms with van der Waals surface area (Å²) in [5.74, 6) is 0.835.